The predicted octanol–water partition coefficient (Wildman–Crippen LogP) is 4.01. The van der Waals surface area contributed by atoms with Crippen molar-refractivity contribution in [3.05, 3.63) is 46.2 Å². The highest BCUT2D eigenvalue weighted by Gasteiger charge is 2.33. The Hall–Kier alpha value is -2.13. The smallest absolute Gasteiger partial charge is 0.237 e. The van der Waals surface area contributed by atoms with Gasteiger partial charge in [0, 0.05) is 30.6 Å². The van der Waals surface area contributed by atoms with Crippen molar-refractivity contribution < 1.29 is 24.1 Å². The van der Waals surface area contributed by atoms with E-state index in [1.165, 1.54) is 10.4 Å². The lowest BCUT2D eigenvalue weighted by Crippen LogP contribution is -2.48. The van der Waals surface area contributed by atoms with E-state index in [0.29, 0.717) is 32.2 Å². The summed E-state index contributed by atoms with van der Waals surface area (Å²) in [5.41, 5.74) is 1.17. The molecule has 194 valence electrons. The number of aliphatic hydroxyl groups excluding tert-OH is 1. The number of amides is 1. The van der Waals surface area contributed by atoms with E-state index >= 15 is 0 Å². The zero-order valence-electron chi connectivity index (χ0n) is 21.4. The second kappa shape index (κ2) is 13.8. The van der Waals surface area contributed by atoms with Crippen LogP contribution in [0.1, 0.15) is 43.7 Å². The average Bonchev–Trinajstić information content (AvgIpc) is 3.31. The zero-order chi connectivity index (χ0) is 25.2. The van der Waals surface area contributed by atoms with Gasteiger partial charge in [-0.25, -0.2) is 0 Å². The van der Waals surface area contributed by atoms with Crippen molar-refractivity contribution in [1.29, 1.82) is 0 Å². The van der Waals surface area contributed by atoms with Crippen molar-refractivity contribution in [2.24, 2.45) is 5.92 Å². The van der Waals surface area contributed by atoms with Crippen LogP contribution in [0.15, 0.2) is 35.7 Å². The van der Waals surface area contributed by atoms with E-state index in [1.54, 1.807) is 18.4 Å². The fourth-order valence-corrected chi connectivity index (χ4v) is 5.29. The predicted molar refractivity (Wildman–Crippen MR) is 139 cm³/mol. The number of thiophene rings is 1. The highest BCUT2D eigenvalue weighted by molar-refractivity contribution is 7.10. The maximum atomic E-state index is 13.5. The monoisotopic (exact) mass is 504 g/mol. The van der Waals surface area contributed by atoms with Gasteiger partial charge in [0.2, 0.25) is 5.91 Å². The molecular formula is C27H40N2O5S. The molecule has 1 N–H and O–H groups in total. The molecule has 35 heavy (non-hydrogen) atoms. The zero-order valence-corrected chi connectivity index (χ0v) is 22.3. The average molecular weight is 505 g/mol. The van der Waals surface area contributed by atoms with Gasteiger partial charge in [-0.1, -0.05) is 26.8 Å². The van der Waals surface area contributed by atoms with Gasteiger partial charge in [0.15, 0.2) is 0 Å². The molecule has 1 aliphatic rings. The van der Waals surface area contributed by atoms with E-state index in [2.05, 4.69) is 32.2 Å². The standard InChI is InChI=1S/C27H40N2O5S/c1-5-11-28(15-21(30)18-33-17-20(2)3)16-27(31)29-12-9-26-24(10-13-35-26)25(29)19-34-23-8-6-7-22(14-23)32-4/h6-8,10,13-14,20-21,25,30H,5,9,11-12,15-19H2,1-4H3/t21-,25+/m0/s1. The highest BCUT2D eigenvalue weighted by atomic mass is 32.1. The Labute approximate surface area is 213 Å². The van der Waals surface area contributed by atoms with Crippen molar-refractivity contribution in [2.45, 2.75) is 45.8 Å². The second-order valence-electron chi connectivity index (χ2n) is 9.46. The van der Waals surface area contributed by atoms with Gasteiger partial charge < -0.3 is 24.2 Å². The first-order valence-corrected chi connectivity index (χ1v) is 13.4. The summed E-state index contributed by atoms with van der Waals surface area (Å²) in [5, 5.41) is 12.6. The second-order valence-corrected chi connectivity index (χ2v) is 10.5. The Morgan fingerprint density at radius 2 is 2.06 bits per heavy atom. The lowest BCUT2D eigenvalue weighted by molar-refractivity contribution is -0.136. The number of aliphatic hydroxyl groups is 1. The summed E-state index contributed by atoms with van der Waals surface area (Å²) in [5.74, 6) is 1.94. The number of methoxy groups -OCH3 is 1. The first-order valence-electron chi connectivity index (χ1n) is 12.5. The fourth-order valence-electron chi connectivity index (χ4n) is 4.36. The molecule has 2 aromatic rings. The third-order valence-corrected chi connectivity index (χ3v) is 6.99. The third-order valence-electron chi connectivity index (χ3n) is 5.99. The van der Waals surface area contributed by atoms with Crippen LogP contribution in [-0.4, -0.2) is 80.0 Å². The highest BCUT2D eigenvalue weighted by Crippen LogP contribution is 2.34. The molecule has 0 radical (unpaired) electrons. The fraction of sp³-hybridized carbons (Fsp3) is 0.593. The van der Waals surface area contributed by atoms with Crippen LogP contribution in [0.2, 0.25) is 0 Å². The van der Waals surface area contributed by atoms with Gasteiger partial charge >= 0.3 is 0 Å². The van der Waals surface area contributed by atoms with Gasteiger partial charge in [0.1, 0.15) is 18.1 Å². The maximum Gasteiger partial charge on any atom is 0.237 e. The molecular weight excluding hydrogens is 464 g/mol. The van der Waals surface area contributed by atoms with E-state index in [-0.39, 0.29) is 25.1 Å². The van der Waals surface area contributed by atoms with Crippen LogP contribution in [0.5, 0.6) is 11.5 Å². The Kier molecular flexibility index (Phi) is 10.8. The molecule has 0 bridgehead atoms. The minimum Gasteiger partial charge on any atom is -0.497 e. The number of nitrogens with zero attached hydrogens (tertiary/aromatic N) is 2. The normalized spacial score (nSPS) is 16.4. The molecule has 0 saturated heterocycles. The van der Waals surface area contributed by atoms with Gasteiger partial charge in [0.05, 0.1) is 32.4 Å². The van der Waals surface area contributed by atoms with E-state index in [0.717, 1.165) is 30.9 Å². The van der Waals surface area contributed by atoms with Gasteiger partial charge in [0.25, 0.3) is 0 Å². The number of carbonyl (C=O) groups is 1. The first-order chi connectivity index (χ1) is 16.9. The van der Waals surface area contributed by atoms with Crippen LogP contribution in [-0.2, 0) is 16.0 Å². The number of hydrogen-bond acceptors (Lipinski definition) is 7. The minimum atomic E-state index is -0.620. The van der Waals surface area contributed by atoms with Crippen molar-refractivity contribution in [2.75, 3.05) is 53.1 Å². The molecule has 0 fully saturated rings. The summed E-state index contributed by atoms with van der Waals surface area (Å²) < 4.78 is 17.0. The summed E-state index contributed by atoms with van der Waals surface area (Å²) in [4.78, 5) is 18.8. The molecule has 0 aliphatic carbocycles. The Bertz CT molecular complexity index is 918. The van der Waals surface area contributed by atoms with Crippen LogP contribution in [0.25, 0.3) is 0 Å². The SMILES string of the molecule is CCCN(CC(=O)N1CCc2sccc2[C@H]1COc1cccc(OC)c1)C[C@H](O)COCC(C)C. The van der Waals surface area contributed by atoms with Gasteiger partial charge in [-0.05, 0) is 54.4 Å². The molecule has 0 spiro atoms. The molecule has 1 aromatic heterocycles. The topological polar surface area (TPSA) is 71.5 Å². The number of fused-ring (bicyclic) bond motifs is 1. The molecule has 0 saturated carbocycles. The molecule has 2 heterocycles. The number of carbonyl (C=O) groups excluding carboxylic acids is 1. The number of benzene rings is 1. The molecule has 8 heteroatoms. The van der Waals surface area contributed by atoms with Crippen LogP contribution >= 0.6 is 11.3 Å². The lowest BCUT2D eigenvalue weighted by Gasteiger charge is -2.37. The quantitative estimate of drug-likeness (QED) is 0.419. The molecule has 1 amide bonds. The summed E-state index contributed by atoms with van der Waals surface area (Å²) in [6.45, 7) is 9.63. The van der Waals surface area contributed by atoms with Crippen molar-refractivity contribution in [3.8, 4) is 11.5 Å². The molecule has 7 nitrogen and oxygen atoms in total. The van der Waals surface area contributed by atoms with Crippen molar-refractivity contribution in [3.63, 3.8) is 0 Å². The van der Waals surface area contributed by atoms with Gasteiger partial charge in [-0.3, -0.25) is 9.69 Å². The van der Waals surface area contributed by atoms with E-state index in [4.69, 9.17) is 14.2 Å². The first kappa shape index (κ1) is 27.5. The molecule has 2 atom stereocenters. The van der Waals surface area contributed by atoms with Crippen LogP contribution in [0, 0.1) is 5.92 Å². The Balaban J connectivity index is 1.65. The van der Waals surface area contributed by atoms with Crippen molar-refractivity contribution in [1.82, 2.24) is 9.80 Å². The largest absolute Gasteiger partial charge is 0.497 e. The Morgan fingerprint density at radius 3 is 2.80 bits per heavy atom. The summed E-state index contributed by atoms with van der Waals surface area (Å²) in [7, 11) is 1.63. The Morgan fingerprint density at radius 1 is 1.26 bits per heavy atom. The summed E-state index contributed by atoms with van der Waals surface area (Å²) in [6.07, 6.45) is 1.14. The molecule has 1 aromatic carbocycles. The molecule has 1 aliphatic heterocycles. The summed E-state index contributed by atoms with van der Waals surface area (Å²) in [6, 6.07) is 9.50. The molecule has 0 unspecified atom stereocenters. The van der Waals surface area contributed by atoms with Gasteiger partial charge in [-0.2, -0.15) is 0 Å². The number of hydrogen-bond donors (Lipinski definition) is 1. The van der Waals surface area contributed by atoms with E-state index in [1.807, 2.05) is 34.1 Å². The summed E-state index contributed by atoms with van der Waals surface area (Å²) >= 11 is 1.74. The van der Waals surface area contributed by atoms with Crippen LogP contribution in [0.3, 0.4) is 0 Å². The van der Waals surface area contributed by atoms with Gasteiger partial charge in [-0.15, -0.1) is 11.3 Å². The van der Waals surface area contributed by atoms with E-state index in [9.17, 15) is 9.90 Å². The minimum absolute atomic E-state index is 0.0600. The van der Waals surface area contributed by atoms with Crippen LogP contribution in [0.4, 0.5) is 0 Å². The maximum absolute atomic E-state index is 13.5. The van der Waals surface area contributed by atoms with Crippen LogP contribution < -0.4 is 9.47 Å². The van der Waals surface area contributed by atoms with Crippen molar-refractivity contribution >= 4 is 17.2 Å². The third kappa shape index (κ3) is 8.20. The lowest BCUT2D eigenvalue weighted by atomic mass is 10.0. The van der Waals surface area contributed by atoms with E-state index < -0.39 is 6.10 Å². The number of rotatable bonds is 14. The number of ether oxygens (including phenoxy) is 3. The molecule has 3 rings (SSSR count).